The van der Waals surface area contributed by atoms with Crippen molar-refractivity contribution in [3.8, 4) is 11.5 Å². The summed E-state index contributed by atoms with van der Waals surface area (Å²) in [5, 5.41) is 6.36. The van der Waals surface area contributed by atoms with E-state index in [0.717, 1.165) is 67.3 Å². The van der Waals surface area contributed by atoms with Crippen LogP contribution in [0.3, 0.4) is 0 Å². The molecule has 1 aromatic carbocycles. The van der Waals surface area contributed by atoms with Gasteiger partial charge >= 0.3 is 17.7 Å². The highest BCUT2D eigenvalue weighted by molar-refractivity contribution is 8.00. The molecule has 4 aliphatic rings. The van der Waals surface area contributed by atoms with Crippen molar-refractivity contribution in [1.82, 2.24) is 30.2 Å². The van der Waals surface area contributed by atoms with Crippen LogP contribution in [-0.2, 0) is 16.1 Å². The average molecular weight is 569 g/mol. The fraction of sp³-hybridized carbons (Fsp3) is 0.571. The van der Waals surface area contributed by atoms with Crippen LogP contribution in [0.25, 0.3) is 22.6 Å². The number of carbonyl (C=O) groups is 2. The number of thioether (sulfide) groups is 1. The highest BCUT2D eigenvalue weighted by Gasteiger charge is 2.42. The molecule has 4 heterocycles. The number of aryl methyl sites for hydroxylation is 3. The Balaban J connectivity index is 1.03. The minimum Gasteiger partial charge on any atom is -0.466 e. The van der Waals surface area contributed by atoms with E-state index in [1.54, 1.807) is 0 Å². The largest absolute Gasteiger partial charge is 0.466 e. The number of benzene rings is 1. The number of urea groups is 1. The Kier molecular flexibility index (Phi) is 8.72. The quantitative estimate of drug-likeness (QED) is 0.131. The van der Waals surface area contributed by atoms with Gasteiger partial charge in [-0.15, -0.1) is 0 Å². The molecule has 5 rings (SSSR count). The standard InChI is InChI=1S/C28H36N6O5S/c1-16-13-18-20(14-17(16)2)34(25-24(29-18)26(36)33-28(38)32-25)11-7-3-4-8-12-39-22(35)10-6-5-9-21-23-19(15-40-21)30-27(37)31-23/h13-14,19,21,23H,3-12,15H2,1-2H3,(H2,30,31,37)(H,33,36,38)/t19-,21-,23-/m0/s1. The van der Waals surface area contributed by atoms with E-state index in [4.69, 9.17) is 4.74 Å². The van der Waals surface area contributed by atoms with E-state index < -0.39 is 11.2 Å². The van der Waals surface area contributed by atoms with Crippen LogP contribution in [0.1, 0.15) is 62.5 Å². The number of carbonyl (C=O) groups excluding carboxylic acids is 2. The number of unbranched alkanes of at least 4 members (excludes halogenated alkanes) is 4. The van der Waals surface area contributed by atoms with Gasteiger partial charge in [0.15, 0.2) is 11.5 Å². The minimum atomic E-state index is -0.677. The third kappa shape index (κ3) is 6.32. The van der Waals surface area contributed by atoms with Gasteiger partial charge in [-0.3, -0.25) is 14.6 Å². The van der Waals surface area contributed by atoms with Crippen molar-refractivity contribution in [2.75, 3.05) is 12.4 Å². The molecule has 3 N–H and O–H groups in total. The summed E-state index contributed by atoms with van der Waals surface area (Å²) in [6, 6.07) is 4.34. The van der Waals surface area contributed by atoms with E-state index in [0.29, 0.717) is 36.2 Å². The number of fused-ring (bicyclic) bond motifs is 3. The molecule has 11 nitrogen and oxygen atoms in total. The summed E-state index contributed by atoms with van der Waals surface area (Å²) < 4.78 is 7.34. The van der Waals surface area contributed by atoms with Crippen LogP contribution in [-0.4, -0.2) is 61.2 Å². The van der Waals surface area contributed by atoms with Crippen molar-refractivity contribution in [2.45, 2.75) is 89.1 Å². The Morgan fingerprint density at radius 1 is 1.02 bits per heavy atom. The molecular weight excluding hydrogens is 532 g/mol. The SMILES string of the molecule is Cc1cc2nc3c(=O)[nH]c(=O)nc-3n(CCCCCCOC(=O)CCCC[C@@H]3SC[C@@H]4NC(=O)N[C@@H]43)c2cc1C. The minimum absolute atomic E-state index is 0.0707. The first-order valence-corrected chi connectivity index (χ1v) is 15.1. The van der Waals surface area contributed by atoms with Gasteiger partial charge in [0.1, 0.15) is 0 Å². The van der Waals surface area contributed by atoms with E-state index >= 15 is 0 Å². The summed E-state index contributed by atoms with van der Waals surface area (Å²) in [5.41, 5.74) is 2.67. The number of aromatic nitrogens is 4. The fourth-order valence-electron chi connectivity index (χ4n) is 5.52. The van der Waals surface area contributed by atoms with Crippen LogP contribution in [0.2, 0.25) is 0 Å². The second-order valence-corrected chi connectivity index (χ2v) is 12.0. The molecule has 0 spiro atoms. The lowest BCUT2D eigenvalue weighted by atomic mass is 10.0. The third-order valence-corrected chi connectivity index (χ3v) is 9.33. The van der Waals surface area contributed by atoms with Crippen molar-refractivity contribution in [3.63, 3.8) is 0 Å². The summed E-state index contributed by atoms with van der Waals surface area (Å²) in [6.45, 7) is 5.02. The Hall–Kier alpha value is -3.41. The Bertz CT molecular complexity index is 1490. The summed E-state index contributed by atoms with van der Waals surface area (Å²) in [5.74, 6) is 1.09. The van der Waals surface area contributed by atoms with Crippen LogP contribution in [0.5, 0.6) is 0 Å². The van der Waals surface area contributed by atoms with Gasteiger partial charge in [-0.1, -0.05) is 12.8 Å². The zero-order chi connectivity index (χ0) is 28.2. The zero-order valence-corrected chi connectivity index (χ0v) is 23.8. The van der Waals surface area contributed by atoms with Gasteiger partial charge in [-0.05, 0) is 69.2 Å². The van der Waals surface area contributed by atoms with Gasteiger partial charge in [0.25, 0.3) is 5.56 Å². The molecule has 0 saturated carbocycles. The van der Waals surface area contributed by atoms with E-state index in [-0.39, 0.29) is 29.8 Å². The van der Waals surface area contributed by atoms with Crippen LogP contribution in [0, 0.1) is 13.8 Å². The van der Waals surface area contributed by atoms with Crippen molar-refractivity contribution in [2.24, 2.45) is 0 Å². The second kappa shape index (κ2) is 12.4. The first-order valence-electron chi connectivity index (χ1n) is 14.1. The fourth-order valence-corrected chi connectivity index (χ4v) is 7.06. The average Bonchev–Trinajstić information content (AvgIpc) is 3.46. The maximum absolute atomic E-state index is 12.4. The normalized spacial score (nSPS) is 20.1. The third-order valence-electron chi connectivity index (χ3n) is 7.82. The van der Waals surface area contributed by atoms with Crippen LogP contribution >= 0.6 is 11.8 Å². The lowest BCUT2D eigenvalue weighted by Gasteiger charge is -2.17. The summed E-state index contributed by atoms with van der Waals surface area (Å²) in [7, 11) is 0. The molecule has 0 radical (unpaired) electrons. The lowest BCUT2D eigenvalue weighted by Crippen LogP contribution is -2.36. The predicted octanol–water partition coefficient (Wildman–Crippen LogP) is 3.03. The molecule has 0 unspecified atom stereocenters. The van der Waals surface area contributed by atoms with Crippen LogP contribution < -0.4 is 21.9 Å². The molecule has 12 heteroatoms. The predicted molar refractivity (Wildman–Crippen MR) is 154 cm³/mol. The van der Waals surface area contributed by atoms with E-state index in [1.807, 2.05) is 42.3 Å². The summed E-state index contributed by atoms with van der Waals surface area (Å²) in [4.78, 5) is 58.8. The number of H-pyrrole nitrogens is 1. The molecule has 2 saturated heterocycles. The Morgan fingerprint density at radius 3 is 2.67 bits per heavy atom. The molecule has 40 heavy (non-hydrogen) atoms. The van der Waals surface area contributed by atoms with Crippen molar-refractivity contribution in [1.29, 1.82) is 0 Å². The van der Waals surface area contributed by atoms with E-state index in [1.165, 1.54) is 0 Å². The monoisotopic (exact) mass is 568 g/mol. The number of hydrogen-bond donors (Lipinski definition) is 3. The first-order chi connectivity index (χ1) is 19.3. The van der Waals surface area contributed by atoms with Crippen molar-refractivity contribution in [3.05, 3.63) is 44.1 Å². The van der Waals surface area contributed by atoms with Crippen molar-refractivity contribution >= 4 is 34.8 Å². The smallest absolute Gasteiger partial charge is 0.349 e. The number of ether oxygens (including phenoxy) is 1. The van der Waals surface area contributed by atoms with Gasteiger partial charge in [-0.2, -0.15) is 16.7 Å². The molecule has 2 amide bonds. The van der Waals surface area contributed by atoms with Gasteiger partial charge in [0.2, 0.25) is 0 Å². The van der Waals surface area contributed by atoms with Gasteiger partial charge in [-0.25, -0.2) is 14.6 Å². The number of aromatic amines is 1. The number of rotatable bonds is 12. The molecular formula is C28H36N6O5S. The molecule has 1 aromatic rings. The zero-order valence-electron chi connectivity index (χ0n) is 23.0. The van der Waals surface area contributed by atoms with E-state index in [2.05, 4.69) is 25.6 Å². The number of esters is 1. The Morgan fingerprint density at radius 2 is 1.82 bits per heavy atom. The molecule has 2 fully saturated rings. The first kappa shape index (κ1) is 28.1. The molecule has 4 aliphatic heterocycles. The number of amides is 2. The number of nitrogens with one attached hydrogen (secondary N) is 3. The molecule has 0 bridgehead atoms. The van der Waals surface area contributed by atoms with Gasteiger partial charge in [0.05, 0.1) is 29.7 Å². The highest BCUT2D eigenvalue weighted by Crippen LogP contribution is 2.33. The number of nitrogens with zero attached hydrogens (tertiary/aromatic N) is 3. The number of hydrogen-bond acceptors (Lipinski definition) is 8. The molecule has 3 atom stereocenters. The van der Waals surface area contributed by atoms with E-state index in [9.17, 15) is 19.2 Å². The highest BCUT2D eigenvalue weighted by atomic mass is 32.2. The summed E-state index contributed by atoms with van der Waals surface area (Å²) >= 11 is 1.89. The summed E-state index contributed by atoms with van der Waals surface area (Å²) in [6.07, 6.45) is 6.54. The molecule has 214 valence electrons. The molecule has 0 aliphatic carbocycles. The van der Waals surface area contributed by atoms with Gasteiger partial charge in [0, 0.05) is 24.0 Å². The topological polar surface area (TPSA) is 148 Å². The molecule has 0 aromatic heterocycles. The van der Waals surface area contributed by atoms with Crippen molar-refractivity contribution < 1.29 is 14.3 Å². The Labute approximate surface area is 236 Å². The second-order valence-electron chi connectivity index (χ2n) is 10.7. The van der Waals surface area contributed by atoms with Gasteiger partial charge < -0.3 is 19.9 Å². The lowest BCUT2D eigenvalue weighted by molar-refractivity contribution is -0.143. The van der Waals surface area contributed by atoms with Crippen LogP contribution in [0.4, 0.5) is 4.79 Å². The van der Waals surface area contributed by atoms with Crippen LogP contribution in [0.15, 0.2) is 21.7 Å². The maximum atomic E-state index is 12.4. The maximum Gasteiger partial charge on any atom is 0.349 e.